The second-order valence-corrected chi connectivity index (χ2v) is 9.57. The molecule has 2 aromatic carbocycles. The summed E-state index contributed by atoms with van der Waals surface area (Å²) in [6.45, 7) is 1.27. The first-order chi connectivity index (χ1) is 16.4. The summed E-state index contributed by atoms with van der Waals surface area (Å²) in [5.74, 6) is 0.567. The molecule has 1 N–H and O–H groups in total. The van der Waals surface area contributed by atoms with Crippen LogP contribution in [0, 0.1) is 5.82 Å². The fraction of sp³-hybridized carbons (Fsp3) is 0.462. The Bertz CT molecular complexity index is 1040. The molecule has 1 atom stereocenters. The highest BCUT2D eigenvalue weighted by molar-refractivity contribution is 6.30. The zero-order chi connectivity index (χ0) is 24.1. The third-order valence-corrected chi connectivity index (χ3v) is 6.94. The van der Waals surface area contributed by atoms with Gasteiger partial charge in [0.25, 0.3) is 0 Å². The molecule has 182 valence electrons. The van der Waals surface area contributed by atoms with Crippen LogP contribution in [0.25, 0.3) is 0 Å². The Morgan fingerprint density at radius 1 is 1.24 bits per heavy atom. The zero-order valence-electron chi connectivity index (χ0n) is 19.3. The molecule has 0 saturated carbocycles. The van der Waals surface area contributed by atoms with Crippen molar-refractivity contribution >= 4 is 23.4 Å². The van der Waals surface area contributed by atoms with Gasteiger partial charge < -0.3 is 19.7 Å². The maximum absolute atomic E-state index is 13.8. The number of benzene rings is 2. The second-order valence-electron chi connectivity index (χ2n) is 9.13. The predicted molar refractivity (Wildman–Crippen MR) is 128 cm³/mol. The molecule has 0 bridgehead atoms. The van der Waals surface area contributed by atoms with Gasteiger partial charge in [-0.05, 0) is 55.2 Å². The molecule has 6 nitrogen and oxygen atoms in total. The Morgan fingerprint density at radius 2 is 2.03 bits per heavy atom. The van der Waals surface area contributed by atoms with Crippen LogP contribution in [-0.2, 0) is 16.0 Å². The van der Waals surface area contributed by atoms with Crippen LogP contribution in [0.1, 0.15) is 44.1 Å². The van der Waals surface area contributed by atoms with E-state index in [1.165, 1.54) is 13.2 Å². The van der Waals surface area contributed by atoms with Gasteiger partial charge in [-0.2, -0.15) is 0 Å². The van der Waals surface area contributed by atoms with Gasteiger partial charge in [0, 0.05) is 49.3 Å². The van der Waals surface area contributed by atoms with Gasteiger partial charge in [0.1, 0.15) is 11.9 Å². The molecule has 2 aliphatic rings. The van der Waals surface area contributed by atoms with Crippen LogP contribution < -0.4 is 14.8 Å². The summed E-state index contributed by atoms with van der Waals surface area (Å²) in [7, 11) is 1.43. The molecule has 34 heavy (non-hydrogen) atoms. The zero-order valence-corrected chi connectivity index (χ0v) is 20.1. The van der Waals surface area contributed by atoms with E-state index in [2.05, 4.69) is 5.32 Å². The number of hydrogen-bond donors (Lipinski definition) is 1. The third-order valence-electron chi connectivity index (χ3n) is 6.70. The number of nitrogens with one attached hydrogen (secondary N) is 1. The summed E-state index contributed by atoms with van der Waals surface area (Å²) >= 11 is 6.03. The highest BCUT2D eigenvalue weighted by atomic mass is 35.5. The number of ether oxygens (including phenoxy) is 2. The van der Waals surface area contributed by atoms with Crippen LogP contribution >= 0.6 is 11.6 Å². The van der Waals surface area contributed by atoms with Crippen molar-refractivity contribution in [2.75, 3.05) is 20.2 Å². The van der Waals surface area contributed by atoms with Crippen molar-refractivity contribution in [3.05, 3.63) is 58.9 Å². The lowest BCUT2D eigenvalue weighted by molar-refractivity contribution is -0.133. The molecule has 2 aliphatic heterocycles. The number of carbonyl (C=O) groups excluding carboxylic acids is 2. The summed E-state index contributed by atoms with van der Waals surface area (Å²) in [6.07, 6.45) is 4.06. The van der Waals surface area contributed by atoms with Gasteiger partial charge in [-0.25, -0.2) is 4.39 Å². The Hall–Kier alpha value is -2.80. The van der Waals surface area contributed by atoms with Crippen molar-refractivity contribution in [1.82, 2.24) is 10.2 Å². The number of carbonyl (C=O) groups is 2. The van der Waals surface area contributed by atoms with E-state index < -0.39 is 11.4 Å². The summed E-state index contributed by atoms with van der Waals surface area (Å²) < 4.78 is 24.9. The lowest BCUT2D eigenvalue weighted by Crippen LogP contribution is -2.46. The van der Waals surface area contributed by atoms with Gasteiger partial charge in [-0.3, -0.25) is 9.59 Å². The van der Waals surface area contributed by atoms with Crippen LogP contribution in [0.5, 0.6) is 11.5 Å². The first-order valence-electron chi connectivity index (χ1n) is 11.7. The Balaban J connectivity index is 1.31. The largest absolute Gasteiger partial charge is 0.494 e. The lowest BCUT2D eigenvalue weighted by atomic mass is 9.84. The molecule has 0 unspecified atom stereocenters. The van der Waals surface area contributed by atoms with E-state index in [0.29, 0.717) is 50.2 Å². The Morgan fingerprint density at radius 3 is 2.71 bits per heavy atom. The standard InChI is InChI=1S/C26H30ClFN2O4/c1-33-23-15-18(5-6-22(23)28)17-26(11-7-24(31)29-26)12-8-25(32)30-13-9-20(10-14-30)34-21-4-2-3-19(27)16-21/h2-6,15-16,20H,7-14,17H2,1H3,(H,29,31)/t26-/m1/s1. The smallest absolute Gasteiger partial charge is 0.222 e. The van der Waals surface area contributed by atoms with Gasteiger partial charge in [0.2, 0.25) is 11.8 Å². The molecule has 4 rings (SSSR count). The van der Waals surface area contributed by atoms with Crippen LogP contribution in [-0.4, -0.2) is 48.6 Å². The first kappa shape index (κ1) is 24.3. The minimum atomic E-state index is -0.510. The maximum Gasteiger partial charge on any atom is 0.222 e. The van der Waals surface area contributed by atoms with Crippen molar-refractivity contribution in [3.63, 3.8) is 0 Å². The summed E-state index contributed by atoms with van der Waals surface area (Å²) in [4.78, 5) is 26.9. The van der Waals surface area contributed by atoms with E-state index in [1.54, 1.807) is 18.2 Å². The predicted octanol–water partition coefficient (Wildman–Crippen LogP) is 4.53. The number of piperidine rings is 1. The highest BCUT2D eigenvalue weighted by Crippen LogP contribution is 2.32. The number of methoxy groups -OCH3 is 1. The molecular formula is C26H30ClFN2O4. The summed E-state index contributed by atoms with van der Waals surface area (Å²) in [6, 6.07) is 12.1. The second kappa shape index (κ2) is 10.6. The summed E-state index contributed by atoms with van der Waals surface area (Å²) in [5.41, 5.74) is 0.357. The minimum absolute atomic E-state index is 0.0134. The van der Waals surface area contributed by atoms with E-state index in [9.17, 15) is 14.0 Å². The van der Waals surface area contributed by atoms with E-state index in [1.807, 2.05) is 23.1 Å². The van der Waals surface area contributed by atoms with Crippen LogP contribution in [0.15, 0.2) is 42.5 Å². The molecule has 0 spiro atoms. The molecule has 0 aromatic heterocycles. The first-order valence-corrected chi connectivity index (χ1v) is 12.1. The lowest BCUT2D eigenvalue weighted by Gasteiger charge is -2.34. The fourth-order valence-corrected chi connectivity index (χ4v) is 5.03. The molecular weight excluding hydrogens is 459 g/mol. The average Bonchev–Trinajstić information content (AvgIpc) is 3.19. The molecule has 8 heteroatoms. The van der Waals surface area contributed by atoms with Crippen molar-refractivity contribution in [3.8, 4) is 11.5 Å². The molecule has 0 radical (unpaired) electrons. The minimum Gasteiger partial charge on any atom is -0.494 e. The van der Waals surface area contributed by atoms with Gasteiger partial charge >= 0.3 is 0 Å². The quantitative estimate of drug-likeness (QED) is 0.593. The van der Waals surface area contributed by atoms with Gasteiger partial charge in [-0.1, -0.05) is 23.7 Å². The number of halogens is 2. The van der Waals surface area contributed by atoms with E-state index in [-0.39, 0.29) is 23.7 Å². The molecule has 2 heterocycles. The van der Waals surface area contributed by atoms with Crippen molar-refractivity contribution in [2.24, 2.45) is 0 Å². The molecule has 2 fully saturated rings. The van der Waals surface area contributed by atoms with Crippen LogP contribution in [0.3, 0.4) is 0 Å². The van der Waals surface area contributed by atoms with E-state index in [4.69, 9.17) is 21.1 Å². The average molecular weight is 489 g/mol. The maximum atomic E-state index is 13.8. The van der Waals surface area contributed by atoms with Gasteiger partial charge in [0.05, 0.1) is 7.11 Å². The van der Waals surface area contributed by atoms with Gasteiger partial charge in [-0.15, -0.1) is 0 Å². The van der Waals surface area contributed by atoms with Crippen LogP contribution in [0.2, 0.25) is 5.02 Å². The normalized spacial score (nSPS) is 20.8. The van der Waals surface area contributed by atoms with Crippen molar-refractivity contribution in [2.45, 2.75) is 56.6 Å². The van der Waals surface area contributed by atoms with E-state index >= 15 is 0 Å². The summed E-state index contributed by atoms with van der Waals surface area (Å²) in [5, 5.41) is 3.73. The monoisotopic (exact) mass is 488 g/mol. The van der Waals surface area contributed by atoms with Crippen LogP contribution in [0.4, 0.5) is 4.39 Å². The molecule has 2 saturated heterocycles. The third kappa shape index (κ3) is 6.00. The SMILES string of the molecule is COc1cc(C[C@]2(CCC(=O)N3CCC(Oc4cccc(Cl)c4)CC3)CCC(=O)N2)ccc1F. The van der Waals surface area contributed by atoms with Crippen molar-refractivity contribution < 1.29 is 23.5 Å². The fourth-order valence-electron chi connectivity index (χ4n) is 4.85. The molecule has 2 amide bonds. The Kier molecular flexibility index (Phi) is 7.61. The Labute approximate surface area is 204 Å². The molecule has 0 aliphatic carbocycles. The number of amides is 2. The topological polar surface area (TPSA) is 67.9 Å². The number of hydrogen-bond acceptors (Lipinski definition) is 4. The number of nitrogens with zero attached hydrogens (tertiary/aromatic N) is 1. The number of likely N-dealkylation sites (tertiary alicyclic amines) is 1. The van der Waals surface area contributed by atoms with Gasteiger partial charge in [0.15, 0.2) is 11.6 Å². The van der Waals surface area contributed by atoms with E-state index in [0.717, 1.165) is 24.2 Å². The highest BCUT2D eigenvalue weighted by Gasteiger charge is 2.38. The van der Waals surface area contributed by atoms with Crippen molar-refractivity contribution in [1.29, 1.82) is 0 Å². The number of rotatable bonds is 8. The molecule has 2 aromatic rings.